The van der Waals surface area contributed by atoms with Gasteiger partial charge in [-0.1, -0.05) is 6.92 Å². The highest BCUT2D eigenvalue weighted by molar-refractivity contribution is 7.14. The molecule has 0 bridgehead atoms. The fourth-order valence-electron chi connectivity index (χ4n) is 4.94. The maximum absolute atomic E-state index is 13.4. The minimum absolute atomic E-state index is 0.268. The molecule has 5 rings (SSSR count). The second-order valence-electron chi connectivity index (χ2n) is 11.1. The summed E-state index contributed by atoms with van der Waals surface area (Å²) in [6.07, 6.45) is 2.42. The van der Waals surface area contributed by atoms with Crippen LogP contribution in [0.4, 0.5) is 26.0 Å². The van der Waals surface area contributed by atoms with E-state index in [4.69, 9.17) is 19.8 Å². The van der Waals surface area contributed by atoms with Gasteiger partial charge in [0.15, 0.2) is 16.6 Å². The lowest BCUT2D eigenvalue weighted by Crippen LogP contribution is -2.42. The molecule has 1 amide bonds. The molecule has 1 aliphatic heterocycles. The van der Waals surface area contributed by atoms with E-state index in [1.807, 2.05) is 54.7 Å². The Balaban J connectivity index is 1.36. The number of thiazole rings is 1. The van der Waals surface area contributed by atoms with Gasteiger partial charge in [0.05, 0.1) is 11.4 Å². The molecule has 11 heteroatoms. The number of fused-ring (bicyclic) bond motifs is 1. The van der Waals surface area contributed by atoms with E-state index in [0.717, 1.165) is 71.7 Å². The highest BCUT2D eigenvalue weighted by Gasteiger charge is 2.25. The number of benzene rings is 1. The first kappa shape index (κ1) is 27.8. The van der Waals surface area contributed by atoms with Crippen LogP contribution >= 0.6 is 11.3 Å². The third kappa shape index (κ3) is 6.19. The second kappa shape index (κ2) is 11.4. The quantitative estimate of drug-likeness (QED) is 0.291. The average Bonchev–Trinajstić information content (AvgIpc) is 3.56. The molecular formula is C29H36FN7O2S. The summed E-state index contributed by atoms with van der Waals surface area (Å²) in [4.78, 5) is 26.1. The molecule has 0 aliphatic carbocycles. The summed E-state index contributed by atoms with van der Waals surface area (Å²) in [5.74, 6) is 1.78. The standard InChI is InChI=1S/C29H36FN7O2S/c1-6-22-26(35(5)27-33-23(18-40-27)20-9-11-21(30)12-10-20)37-24(32-22)13-14-25(34-37)36-15-7-8-19(17-36)16-31-28(38)39-29(2,3)4/h9-14,18-19H,6-8,15-17H2,1-5H3,(H,31,38). The molecule has 3 aromatic heterocycles. The lowest BCUT2D eigenvalue weighted by molar-refractivity contribution is 0.0517. The van der Waals surface area contributed by atoms with Crippen LogP contribution in [-0.4, -0.2) is 58.0 Å². The van der Waals surface area contributed by atoms with E-state index in [-0.39, 0.29) is 11.9 Å². The number of carbonyl (C=O) groups excluding carboxylic acids is 1. The van der Waals surface area contributed by atoms with Crippen LogP contribution in [0.2, 0.25) is 0 Å². The van der Waals surface area contributed by atoms with Gasteiger partial charge in [0.2, 0.25) is 0 Å². The van der Waals surface area contributed by atoms with E-state index >= 15 is 0 Å². The predicted molar refractivity (Wildman–Crippen MR) is 157 cm³/mol. The van der Waals surface area contributed by atoms with E-state index in [1.54, 1.807) is 12.1 Å². The summed E-state index contributed by atoms with van der Waals surface area (Å²) < 4.78 is 20.7. The van der Waals surface area contributed by atoms with Gasteiger partial charge in [-0.15, -0.1) is 16.4 Å². The Bertz CT molecular complexity index is 1480. The number of nitrogens with one attached hydrogen (secondary N) is 1. The molecule has 40 heavy (non-hydrogen) atoms. The highest BCUT2D eigenvalue weighted by Crippen LogP contribution is 2.34. The first-order valence-electron chi connectivity index (χ1n) is 13.7. The molecule has 4 heterocycles. The topological polar surface area (TPSA) is 87.9 Å². The Morgan fingerprint density at radius 1 is 1.20 bits per heavy atom. The van der Waals surface area contributed by atoms with Gasteiger partial charge in [0, 0.05) is 37.6 Å². The number of alkyl carbamates (subject to hydrolysis) is 1. The van der Waals surface area contributed by atoms with Gasteiger partial charge in [0.1, 0.15) is 17.2 Å². The number of piperidine rings is 1. The van der Waals surface area contributed by atoms with Crippen molar-refractivity contribution in [3.05, 3.63) is 53.3 Å². The summed E-state index contributed by atoms with van der Waals surface area (Å²) >= 11 is 1.52. The summed E-state index contributed by atoms with van der Waals surface area (Å²) in [6.45, 7) is 9.92. The van der Waals surface area contributed by atoms with E-state index in [0.29, 0.717) is 12.5 Å². The average molecular weight is 566 g/mol. The largest absolute Gasteiger partial charge is 0.444 e. The molecule has 1 N–H and O–H groups in total. The second-order valence-corrected chi connectivity index (χ2v) is 12.0. The molecule has 0 radical (unpaired) electrons. The number of imidazole rings is 1. The zero-order chi connectivity index (χ0) is 28.4. The van der Waals surface area contributed by atoms with Crippen molar-refractivity contribution < 1.29 is 13.9 Å². The van der Waals surface area contributed by atoms with Crippen LogP contribution in [0.3, 0.4) is 0 Å². The van der Waals surface area contributed by atoms with Crippen LogP contribution in [0.5, 0.6) is 0 Å². The van der Waals surface area contributed by atoms with Crippen LogP contribution in [0.15, 0.2) is 41.8 Å². The molecule has 4 aromatic rings. The highest BCUT2D eigenvalue weighted by atomic mass is 32.1. The van der Waals surface area contributed by atoms with Crippen LogP contribution in [0, 0.1) is 11.7 Å². The maximum Gasteiger partial charge on any atom is 0.407 e. The third-order valence-corrected chi connectivity index (χ3v) is 7.77. The van der Waals surface area contributed by atoms with Gasteiger partial charge in [-0.05, 0) is 82.3 Å². The van der Waals surface area contributed by atoms with Crippen molar-refractivity contribution >= 4 is 39.8 Å². The molecule has 0 spiro atoms. The Morgan fingerprint density at radius 3 is 2.70 bits per heavy atom. The van der Waals surface area contributed by atoms with Gasteiger partial charge < -0.3 is 19.9 Å². The number of nitrogens with zero attached hydrogens (tertiary/aromatic N) is 6. The molecule has 212 valence electrons. The number of amides is 1. The van der Waals surface area contributed by atoms with E-state index in [1.165, 1.54) is 23.5 Å². The summed E-state index contributed by atoms with van der Waals surface area (Å²) in [5, 5.41) is 10.7. The van der Waals surface area contributed by atoms with E-state index < -0.39 is 5.60 Å². The Hall–Kier alpha value is -3.73. The normalized spacial score (nSPS) is 15.8. The number of rotatable bonds is 7. The smallest absolute Gasteiger partial charge is 0.407 e. The summed E-state index contributed by atoms with van der Waals surface area (Å²) in [5.41, 5.74) is 2.86. The van der Waals surface area contributed by atoms with Gasteiger partial charge in [-0.25, -0.2) is 19.2 Å². The molecular weight excluding hydrogens is 529 g/mol. The van der Waals surface area contributed by atoms with Gasteiger partial charge in [-0.3, -0.25) is 0 Å². The number of aryl methyl sites for hydroxylation is 1. The first-order chi connectivity index (χ1) is 19.1. The zero-order valence-electron chi connectivity index (χ0n) is 23.6. The molecule has 1 atom stereocenters. The Kier molecular flexibility index (Phi) is 7.93. The van der Waals surface area contributed by atoms with Crippen molar-refractivity contribution in [2.45, 2.75) is 52.6 Å². The fourth-order valence-corrected chi connectivity index (χ4v) is 5.74. The minimum Gasteiger partial charge on any atom is -0.444 e. The van der Waals surface area contributed by atoms with Crippen molar-refractivity contribution in [1.29, 1.82) is 0 Å². The van der Waals surface area contributed by atoms with E-state index in [2.05, 4.69) is 17.1 Å². The number of hydrogen-bond donors (Lipinski definition) is 1. The number of ether oxygens (including phenoxy) is 1. The van der Waals surface area contributed by atoms with Gasteiger partial charge in [-0.2, -0.15) is 4.52 Å². The number of hydrogen-bond acceptors (Lipinski definition) is 8. The molecule has 1 saturated heterocycles. The number of carbonyl (C=O) groups is 1. The van der Waals surface area contributed by atoms with Crippen molar-refractivity contribution in [2.24, 2.45) is 5.92 Å². The lowest BCUT2D eigenvalue weighted by atomic mass is 9.98. The first-order valence-corrected chi connectivity index (χ1v) is 14.5. The van der Waals surface area contributed by atoms with Crippen molar-refractivity contribution in [3.8, 4) is 11.3 Å². The fraction of sp³-hybridized carbons (Fsp3) is 0.448. The van der Waals surface area contributed by atoms with Crippen LogP contribution < -0.4 is 15.1 Å². The monoisotopic (exact) mass is 565 g/mol. The Morgan fingerprint density at radius 2 is 1.98 bits per heavy atom. The van der Waals surface area contributed by atoms with Gasteiger partial charge in [0.25, 0.3) is 0 Å². The molecule has 1 aliphatic rings. The lowest BCUT2D eigenvalue weighted by Gasteiger charge is -2.33. The number of aromatic nitrogens is 4. The number of anilines is 3. The molecule has 0 saturated carbocycles. The maximum atomic E-state index is 13.4. The minimum atomic E-state index is -0.518. The SMILES string of the molecule is CCc1nc2ccc(N3CCCC(CNC(=O)OC(C)(C)C)C3)nn2c1N(C)c1nc(-c2ccc(F)cc2)cs1. The third-order valence-electron chi connectivity index (χ3n) is 6.86. The molecule has 9 nitrogen and oxygen atoms in total. The predicted octanol–water partition coefficient (Wildman–Crippen LogP) is 6.06. The molecule has 1 fully saturated rings. The van der Waals surface area contributed by atoms with Crippen molar-refractivity contribution in [1.82, 2.24) is 24.9 Å². The van der Waals surface area contributed by atoms with E-state index in [9.17, 15) is 9.18 Å². The molecule has 1 unspecified atom stereocenters. The number of halogens is 1. The molecule has 1 aromatic carbocycles. The van der Waals surface area contributed by atoms with Crippen LogP contribution in [0.25, 0.3) is 16.9 Å². The van der Waals surface area contributed by atoms with Crippen LogP contribution in [0.1, 0.15) is 46.2 Å². The van der Waals surface area contributed by atoms with Crippen LogP contribution in [-0.2, 0) is 11.2 Å². The summed E-state index contributed by atoms with van der Waals surface area (Å²) in [7, 11) is 1.98. The summed E-state index contributed by atoms with van der Waals surface area (Å²) in [6, 6.07) is 10.4. The Labute approximate surface area is 238 Å². The van der Waals surface area contributed by atoms with Crippen molar-refractivity contribution in [2.75, 3.05) is 36.5 Å². The zero-order valence-corrected chi connectivity index (χ0v) is 24.5. The van der Waals surface area contributed by atoms with Crippen molar-refractivity contribution in [3.63, 3.8) is 0 Å². The van der Waals surface area contributed by atoms with Gasteiger partial charge >= 0.3 is 6.09 Å².